The number of esters is 1. The van der Waals surface area contributed by atoms with Gasteiger partial charge in [0.25, 0.3) is 5.91 Å². The van der Waals surface area contributed by atoms with Gasteiger partial charge in [-0.2, -0.15) is 0 Å². The van der Waals surface area contributed by atoms with Crippen molar-refractivity contribution in [2.24, 2.45) is 0 Å². The van der Waals surface area contributed by atoms with Crippen LogP contribution in [0.1, 0.15) is 23.7 Å². The van der Waals surface area contributed by atoms with Gasteiger partial charge in [0.15, 0.2) is 0 Å². The Morgan fingerprint density at radius 2 is 2.06 bits per heavy atom. The molecule has 1 aromatic carbocycles. The fourth-order valence-corrected chi connectivity index (χ4v) is 1.28. The Morgan fingerprint density at radius 1 is 1.33 bits per heavy atom. The minimum Gasteiger partial charge on any atom is -0.466 e. The van der Waals surface area contributed by atoms with Gasteiger partial charge in [-0.05, 0) is 19.1 Å². The van der Waals surface area contributed by atoms with Crippen LogP contribution < -0.4 is 5.32 Å². The largest absolute Gasteiger partial charge is 0.466 e. The zero-order valence-electron chi connectivity index (χ0n) is 9.83. The molecule has 6 heteroatoms. The van der Waals surface area contributed by atoms with Crippen LogP contribution in [0.2, 0.25) is 0 Å². The average molecular weight is 257 g/mol. The summed E-state index contributed by atoms with van der Waals surface area (Å²) in [5.74, 6) is -2.84. The number of amides is 1. The standard InChI is InChI=1S/C12H13F2NO3/c1-2-18-11(16)5-6-15-12(17)9-4-3-8(13)7-10(9)14/h3-4,7H,2,5-6H2,1H3,(H,15,17). The molecule has 0 aliphatic heterocycles. The lowest BCUT2D eigenvalue weighted by Crippen LogP contribution is -2.27. The van der Waals surface area contributed by atoms with E-state index in [-0.39, 0.29) is 25.1 Å². The predicted octanol–water partition coefficient (Wildman–Crippen LogP) is 1.65. The number of carbonyl (C=O) groups is 2. The molecule has 0 spiro atoms. The fourth-order valence-electron chi connectivity index (χ4n) is 1.28. The third-order valence-corrected chi connectivity index (χ3v) is 2.10. The van der Waals surface area contributed by atoms with Crippen molar-refractivity contribution in [2.75, 3.05) is 13.2 Å². The van der Waals surface area contributed by atoms with Crippen LogP contribution in [0.5, 0.6) is 0 Å². The molecule has 0 saturated carbocycles. The van der Waals surface area contributed by atoms with Crippen LogP contribution in [-0.4, -0.2) is 25.0 Å². The summed E-state index contributed by atoms with van der Waals surface area (Å²) < 4.78 is 30.5. The number of hydrogen-bond acceptors (Lipinski definition) is 3. The smallest absolute Gasteiger partial charge is 0.307 e. The van der Waals surface area contributed by atoms with Crippen molar-refractivity contribution in [3.05, 3.63) is 35.4 Å². The summed E-state index contributed by atoms with van der Waals surface area (Å²) in [4.78, 5) is 22.5. The molecule has 4 nitrogen and oxygen atoms in total. The highest BCUT2D eigenvalue weighted by atomic mass is 19.1. The van der Waals surface area contributed by atoms with Crippen molar-refractivity contribution in [3.8, 4) is 0 Å². The third kappa shape index (κ3) is 4.12. The van der Waals surface area contributed by atoms with E-state index in [4.69, 9.17) is 0 Å². The molecule has 98 valence electrons. The molecule has 1 rings (SSSR count). The van der Waals surface area contributed by atoms with Gasteiger partial charge in [-0.15, -0.1) is 0 Å². The molecular formula is C12H13F2NO3. The second-order valence-electron chi connectivity index (χ2n) is 3.44. The highest BCUT2D eigenvalue weighted by Gasteiger charge is 2.12. The predicted molar refractivity (Wildman–Crippen MR) is 59.9 cm³/mol. The maximum atomic E-state index is 13.2. The lowest BCUT2D eigenvalue weighted by Gasteiger charge is -2.06. The van der Waals surface area contributed by atoms with E-state index in [9.17, 15) is 18.4 Å². The van der Waals surface area contributed by atoms with E-state index in [1.807, 2.05) is 0 Å². The molecule has 0 radical (unpaired) electrons. The van der Waals surface area contributed by atoms with Crippen molar-refractivity contribution in [1.29, 1.82) is 0 Å². The number of carbonyl (C=O) groups excluding carboxylic acids is 2. The van der Waals surface area contributed by atoms with Gasteiger partial charge in [0.1, 0.15) is 11.6 Å². The monoisotopic (exact) mass is 257 g/mol. The maximum absolute atomic E-state index is 13.2. The normalized spacial score (nSPS) is 9.94. The average Bonchev–Trinajstić information content (AvgIpc) is 2.29. The Hall–Kier alpha value is -1.98. The summed E-state index contributed by atoms with van der Waals surface area (Å²) >= 11 is 0. The fraction of sp³-hybridized carbons (Fsp3) is 0.333. The molecule has 0 aliphatic carbocycles. The van der Waals surface area contributed by atoms with Crippen LogP contribution in [-0.2, 0) is 9.53 Å². The van der Waals surface area contributed by atoms with E-state index < -0.39 is 23.5 Å². The van der Waals surface area contributed by atoms with Gasteiger partial charge in [0.2, 0.25) is 0 Å². The summed E-state index contributed by atoms with van der Waals surface area (Å²) in [6, 6.07) is 2.66. The highest BCUT2D eigenvalue weighted by molar-refractivity contribution is 5.94. The number of hydrogen-bond donors (Lipinski definition) is 1. The van der Waals surface area contributed by atoms with Gasteiger partial charge in [-0.1, -0.05) is 0 Å². The number of rotatable bonds is 5. The van der Waals surface area contributed by atoms with Crippen LogP contribution in [0.15, 0.2) is 18.2 Å². The number of nitrogens with one attached hydrogen (secondary N) is 1. The van der Waals surface area contributed by atoms with Crippen molar-refractivity contribution in [3.63, 3.8) is 0 Å². The number of halogens is 2. The van der Waals surface area contributed by atoms with Gasteiger partial charge in [0, 0.05) is 12.6 Å². The van der Waals surface area contributed by atoms with Crippen molar-refractivity contribution in [1.82, 2.24) is 5.32 Å². The molecule has 0 aliphatic rings. The van der Waals surface area contributed by atoms with Crippen LogP contribution in [0.4, 0.5) is 8.78 Å². The summed E-state index contributed by atoms with van der Waals surface area (Å²) in [7, 11) is 0. The summed E-state index contributed by atoms with van der Waals surface area (Å²) in [5.41, 5.74) is -0.264. The minimum absolute atomic E-state index is 0.00237. The van der Waals surface area contributed by atoms with Gasteiger partial charge in [0.05, 0.1) is 18.6 Å². The molecule has 0 saturated heterocycles. The van der Waals surface area contributed by atoms with E-state index in [2.05, 4.69) is 10.1 Å². The lowest BCUT2D eigenvalue weighted by atomic mass is 10.2. The molecule has 1 aromatic rings. The van der Waals surface area contributed by atoms with E-state index in [1.54, 1.807) is 6.92 Å². The topological polar surface area (TPSA) is 55.4 Å². The molecular weight excluding hydrogens is 244 g/mol. The maximum Gasteiger partial charge on any atom is 0.307 e. The van der Waals surface area contributed by atoms with Gasteiger partial charge >= 0.3 is 5.97 Å². The number of benzene rings is 1. The molecule has 0 atom stereocenters. The van der Waals surface area contributed by atoms with E-state index in [0.29, 0.717) is 6.07 Å². The summed E-state index contributed by atoms with van der Waals surface area (Å²) in [5, 5.41) is 2.35. The molecule has 0 bridgehead atoms. The Kier molecular flexibility index (Phi) is 5.23. The van der Waals surface area contributed by atoms with Gasteiger partial charge < -0.3 is 10.1 Å². The Balaban J connectivity index is 2.48. The molecule has 0 aromatic heterocycles. The molecule has 1 amide bonds. The Labute approximate surface area is 103 Å². The zero-order valence-corrected chi connectivity index (χ0v) is 9.83. The molecule has 0 heterocycles. The van der Waals surface area contributed by atoms with Crippen LogP contribution in [0, 0.1) is 11.6 Å². The molecule has 18 heavy (non-hydrogen) atoms. The quantitative estimate of drug-likeness (QED) is 0.816. The van der Waals surface area contributed by atoms with E-state index >= 15 is 0 Å². The SMILES string of the molecule is CCOC(=O)CCNC(=O)c1ccc(F)cc1F. The van der Waals surface area contributed by atoms with Crippen molar-refractivity contribution in [2.45, 2.75) is 13.3 Å². The molecule has 0 unspecified atom stereocenters. The second-order valence-corrected chi connectivity index (χ2v) is 3.44. The first kappa shape index (κ1) is 14.1. The zero-order chi connectivity index (χ0) is 13.5. The third-order valence-electron chi connectivity index (χ3n) is 2.10. The van der Waals surface area contributed by atoms with Crippen molar-refractivity contribution < 1.29 is 23.1 Å². The Morgan fingerprint density at radius 3 is 2.67 bits per heavy atom. The first-order valence-electron chi connectivity index (χ1n) is 5.43. The van der Waals surface area contributed by atoms with Crippen molar-refractivity contribution >= 4 is 11.9 Å². The first-order chi connectivity index (χ1) is 8.54. The molecule has 0 fully saturated rings. The number of ether oxygens (including phenoxy) is 1. The van der Waals surface area contributed by atoms with Gasteiger partial charge in [-0.25, -0.2) is 8.78 Å². The first-order valence-corrected chi connectivity index (χ1v) is 5.43. The van der Waals surface area contributed by atoms with Crippen LogP contribution in [0.3, 0.4) is 0 Å². The summed E-state index contributed by atoms with van der Waals surface area (Å²) in [6.45, 7) is 1.97. The minimum atomic E-state index is -0.941. The highest BCUT2D eigenvalue weighted by Crippen LogP contribution is 2.09. The van der Waals surface area contributed by atoms with Gasteiger partial charge in [-0.3, -0.25) is 9.59 Å². The lowest BCUT2D eigenvalue weighted by molar-refractivity contribution is -0.142. The molecule has 1 N–H and O–H groups in total. The van der Waals surface area contributed by atoms with Crippen LogP contribution >= 0.6 is 0 Å². The van der Waals surface area contributed by atoms with Crippen LogP contribution in [0.25, 0.3) is 0 Å². The Bertz CT molecular complexity index is 449. The van der Waals surface area contributed by atoms with E-state index in [1.165, 1.54) is 0 Å². The summed E-state index contributed by atoms with van der Waals surface area (Å²) in [6.07, 6.45) is 0.00237. The second kappa shape index (κ2) is 6.68. The van der Waals surface area contributed by atoms with E-state index in [0.717, 1.165) is 12.1 Å².